The van der Waals surface area contributed by atoms with Gasteiger partial charge < -0.3 is 19.5 Å². The molecule has 0 amide bonds. The molecule has 0 unspecified atom stereocenters. The van der Waals surface area contributed by atoms with Crippen molar-refractivity contribution < 1.29 is 32.9 Å². The average Bonchev–Trinajstić information content (AvgIpc) is 3.60. The van der Waals surface area contributed by atoms with Crippen LogP contribution in [-0.4, -0.2) is 36.3 Å². The highest BCUT2D eigenvalue weighted by Gasteiger charge is 2.41. The Morgan fingerprint density at radius 2 is 1.74 bits per heavy atom. The Bertz CT molecular complexity index is 1850. The van der Waals surface area contributed by atoms with Crippen LogP contribution in [0.5, 0.6) is 5.88 Å². The van der Waals surface area contributed by atoms with Crippen molar-refractivity contribution in [3.8, 4) is 17.1 Å². The van der Waals surface area contributed by atoms with E-state index in [2.05, 4.69) is 9.97 Å². The minimum atomic E-state index is -1.11. The first-order chi connectivity index (χ1) is 20.1. The zero-order chi connectivity index (χ0) is 29.6. The number of hydrogen-bond acceptors (Lipinski definition) is 5. The van der Waals surface area contributed by atoms with Gasteiger partial charge in [-0.25, -0.2) is 27.9 Å². The number of rotatable bonds is 9. The molecular weight excluding hydrogens is 547 g/mol. The van der Waals surface area contributed by atoms with E-state index in [0.717, 1.165) is 17.7 Å². The number of imidazole rings is 1. The van der Waals surface area contributed by atoms with Crippen LogP contribution in [0.1, 0.15) is 45.7 Å². The maximum absolute atomic E-state index is 15.4. The summed E-state index contributed by atoms with van der Waals surface area (Å²) in [6.07, 6.45) is 1.07. The van der Waals surface area contributed by atoms with Gasteiger partial charge in [-0.05, 0) is 73.4 Å². The quantitative estimate of drug-likeness (QED) is 0.217. The van der Waals surface area contributed by atoms with Crippen LogP contribution in [0.15, 0.2) is 66.7 Å². The summed E-state index contributed by atoms with van der Waals surface area (Å²) in [5.74, 6) is -2.41. The van der Waals surface area contributed by atoms with Gasteiger partial charge in [-0.15, -0.1) is 0 Å². The Morgan fingerprint density at radius 3 is 2.48 bits per heavy atom. The highest BCUT2D eigenvalue weighted by molar-refractivity contribution is 5.92. The first-order valence-electron chi connectivity index (χ1n) is 13.4. The number of ether oxygens (including phenoxy) is 1. The van der Waals surface area contributed by atoms with E-state index in [1.165, 1.54) is 24.3 Å². The third-order valence-electron chi connectivity index (χ3n) is 7.42. The van der Waals surface area contributed by atoms with Gasteiger partial charge in [0.15, 0.2) is 0 Å². The van der Waals surface area contributed by atoms with E-state index in [-0.39, 0.29) is 47.8 Å². The fourth-order valence-corrected chi connectivity index (χ4v) is 4.87. The number of halogens is 3. The minimum absolute atomic E-state index is 0.0382. The lowest BCUT2D eigenvalue weighted by atomic mass is 10.0. The molecule has 7 nitrogen and oxygen atoms in total. The second kappa shape index (κ2) is 10.6. The van der Waals surface area contributed by atoms with E-state index >= 15 is 8.78 Å². The maximum Gasteiger partial charge on any atom is 0.335 e. The smallest absolute Gasteiger partial charge is 0.335 e. The van der Waals surface area contributed by atoms with Crippen molar-refractivity contribution in [2.45, 2.75) is 44.9 Å². The number of aromatic carboxylic acids is 1. The summed E-state index contributed by atoms with van der Waals surface area (Å²) in [6.45, 7) is 1.86. The minimum Gasteiger partial charge on any atom is -0.478 e. The van der Waals surface area contributed by atoms with Crippen molar-refractivity contribution >= 4 is 17.0 Å². The molecule has 1 aliphatic rings. The number of carboxylic acids is 1. The van der Waals surface area contributed by atoms with Crippen LogP contribution in [0.2, 0.25) is 0 Å². The second-order valence-corrected chi connectivity index (χ2v) is 10.7. The van der Waals surface area contributed by atoms with Crippen LogP contribution >= 0.6 is 0 Å². The summed E-state index contributed by atoms with van der Waals surface area (Å²) in [5, 5.41) is 20.0. The van der Waals surface area contributed by atoms with Gasteiger partial charge >= 0.3 is 5.97 Å². The summed E-state index contributed by atoms with van der Waals surface area (Å²) in [6, 6.07) is 16.0. The van der Waals surface area contributed by atoms with Crippen LogP contribution in [0.4, 0.5) is 13.2 Å². The Balaban J connectivity index is 1.28. The van der Waals surface area contributed by atoms with E-state index in [9.17, 15) is 19.4 Å². The van der Waals surface area contributed by atoms with Crippen molar-refractivity contribution in [1.29, 1.82) is 0 Å². The second-order valence-electron chi connectivity index (χ2n) is 10.7. The molecule has 5 aromatic rings. The number of carboxylic acid groups (broad SMARTS) is 1. The monoisotopic (exact) mass is 573 g/mol. The molecule has 2 heterocycles. The Morgan fingerprint density at radius 1 is 0.952 bits per heavy atom. The normalized spacial score (nSPS) is 13.8. The van der Waals surface area contributed by atoms with Crippen molar-refractivity contribution in [3.05, 3.63) is 112 Å². The lowest BCUT2D eigenvalue weighted by Gasteiger charge is -2.14. The van der Waals surface area contributed by atoms with Crippen molar-refractivity contribution in [2.24, 2.45) is 0 Å². The Labute approximate surface area is 238 Å². The maximum atomic E-state index is 15.4. The van der Waals surface area contributed by atoms with E-state index in [1.807, 2.05) is 0 Å². The van der Waals surface area contributed by atoms with E-state index < -0.39 is 29.0 Å². The van der Waals surface area contributed by atoms with Crippen molar-refractivity contribution in [2.75, 3.05) is 0 Å². The van der Waals surface area contributed by atoms with Crippen LogP contribution in [0, 0.1) is 24.4 Å². The largest absolute Gasteiger partial charge is 0.478 e. The highest BCUT2D eigenvalue weighted by atomic mass is 19.1. The number of aliphatic hydroxyl groups is 1. The molecule has 6 rings (SSSR count). The molecule has 10 heteroatoms. The first-order valence-corrected chi connectivity index (χ1v) is 13.4. The zero-order valence-corrected chi connectivity index (χ0v) is 22.6. The summed E-state index contributed by atoms with van der Waals surface area (Å²) in [7, 11) is 0. The third-order valence-corrected chi connectivity index (χ3v) is 7.42. The fourth-order valence-electron chi connectivity index (χ4n) is 4.87. The molecule has 3 aromatic carbocycles. The molecule has 1 aliphatic carbocycles. The first kappa shape index (κ1) is 27.5. The predicted molar refractivity (Wildman–Crippen MR) is 149 cm³/mol. The molecule has 2 N–H and O–H groups in total. The summed E-state index contributed by atoms with van der Waals surface area (Å²) < 4.78 is 52.3. The van der Waals surface area contributed by atoms with E-state index in [4.69, 9.17) is 4.74 Å². The number of fused-ring (bicyclic) bond motifs is 1. The molecule has 0 bridgehead atoms. The molecule has 42 heavy (non-hydrogen) atoms. The molecule has 0 aliphatic heterocycles. The average molecular weight is 574 g/mol. The molecule has 0 spiro atoms. The fraction of sp³-hybridized carbons (Fsp3) is 0.219. The number of aromatic nitrogens is 3. The Hall–Kier alpha value is -4.70. The summed E-state index contributed by atoms with van der Waals surface area (Å²) in [4.78, 5) is 20.4. The molecule has 2 aromatic heterocycles. The van der Waals surface area contributed by atoms with Gasteiger partial charge in [0.25, 0.3) is 0 Å². The van der Waals surface area contributed by atoms with Crippen molar-refractivity contribution in [1.82, 2.24) is 14.5 Å². The Kier molecular flexibility index (Phi) is 6.94. The molecular formula is C32H26F3N3O4. The standard InChI is InChI=1S/C32H26F3N3O4/c1-18-5-6-20(23(33)11-18)16-42-30-4-2-3-26(37-30)22-15-24(34)21(12-25(22)35)14-29-36-27-8-7-19(31(39)40)13-28(27)38(29)17-32(41)9-10-32/h2-8,11-13,15,41H,9-10,14,16-17H2,1H3,(H,39,40). The van der Waals surface area contributed by atoms with Crippen LogP contribution in [0.25, 0.3) is 22.3 Å². The van der Waals surface area contributed by atoms with Gasteiger partial charge in [0.2, 0.25) is 5.88 Å². The third kappa shape index (κ3) is 5.58. The number of pyridine rings is 1. The summed E-state index contributed by atoms with van der Waals surface area (Å²) in [5.41, 5.74) is 1.32. The zero-order valence-electron chi connectivity index (χ0n) is 22.6. The van der Waals surface area contributed by atoms with Gasteiger partial charge in [0.05, 0.1) is 34.4 Å². The van der Waals surface area contributed by atoms with Crippen LogP contribution in [0.3, 0.4) is 0 Å². The van der Waals surface area contributed by atoms with Gasteiger partial charge in [-0.2, -0.15) is 0 Å². The number of carbonyl (C=O) groups is 1. The van der Waals surface area contributed by atoms with Gasteiger partial charge in [-0.3, -0.25) is 0 Å². The van der Waals surface area contributed by atoms with Gasteiger partial charge in [-0.1, -0.05) is 18.2 Å². The SMILES string of the molecule is Cc1ccc(COc2cccc(-c3cc(F)c(Cc4nc5ccc(C(=O)O)cc5n4CC4(O)CC4)cc3F)n2)c(F)c1. The summed E-state index contributed by atoms with van der Waals surface area (Å²) >= 11 is 0. The predicted octanol–water partition coefficient (Wildman–Crippen LogP) is 6.22. The lowest BCUT2D eigenvalue weighted by Crippen LogP contribution is -2.19. The van der Waals surface area contributed by atoms with E-state index in [1.54, 1.807) is 41.8 Å². The highest BCUT2D eigenvalue weighted by Crippen LogP contribution is 2.38. The van der Waals surface area contributed by atoms with Gasteiger partial charge in [0.1, 0.15) is 29.9 Å². The molecule has 0 atom stereocenters. The molecule has 1 fully saturated rings. The number of hydrogen-bond donors (Lipinski definition) is 2. The molecule has 0 radical (unpaired) electrons. The molecule has 1 saturated carbocycles. The number of nitrogens with zero attached hydrogens (tertiary/aromatic N) is 3. The molecule has 0 saturated heterocycles. The topological polar surface area (TPSA) is 97.5 Å². The van der Waals surface area contributed by atoms with Crippen LogP contribution in [-0.2, 0) is 19.6 Å². The lowest BCUT2D eigenvalue weighted by molar-refractivity contribution is 0.0697. The van der Waals surface area contributed by atoms with Crippen molar-refractivity contribution in [3.63, 3.8) is 0 Å². The van der Waals surface area contributed by atoms with Crippen LogP contribution < -0.4 is 4.74 Å². The van der Waals surface area contributed by atoms with Gasteiger partial charge in [0, 0.05) is 23.6 Å². The number of aryl methyl sites for hydroxylation is 1. The van der Waals surface area contributed by atoms with E-state index in [0.29, 0.717) is 35.3 Å². The number of benzene rings is 3. The molecule has 214 valence electrons.